The summed E-state index contributed by atoms with van der Waals surface area (Å²) in [6, 6.07) is 0. The number of hydrogen-bond donors (Lipinski definition) is 1. The fourth-order valence-electron chi connectivity index (χ4n) is 0.226. The molecule has 0 atom stereocenters. The molecule has 0 heterocycles. The maximum absolute atomic E-state index is 8.28. The van der Waals surface area contributed by atoms with E-state index in [0.29, 0.717) is 11.3 Å². The van der Waals surface area contributed by atoms with Crippen LogP contribution in [0.3, 0.4) is 0 Å². The van der Waals surface area contributed by atoms with Gasteiger partial charge in [-0.2, -0.15) is 0 Å². The number of allylic oxidation sites excluding steroid dienone is 1. The van der Waals surface area contributed by atoms with E-state index in [1.807, 2.05) is 0 Å². The topological polar surface area (TPSA) is 20.2 Å². The van der Waals surface area contributed by atoms with Crippen molar-refractivity contribution in [3.63, 3.8) is 0 Å². The van der Waals surface area contributed by atoms with Gasteiger partial charge in [-0.15, -0.1) is 6.58 Å². The average molecular weight is 116 g/mol. The smallest absolute Gasteiger partial charge is 0.0747 e. The second kappa shape index (κ2) is 3.96. The summed E-state index contributed by atoms with van der Waals surface area (Å²) in [5.74, 6) is 0. The first-order chi connectivity index (χ1) is 3.31. The summed E-state index contributed by atoms with van der Waals surface area (Å²) in [7, 11) is 0. The normalized spacial score (nSPS) is 8.14. The van der Waals surface area contributed by atoms with Crippen LogP contribution in [0.4, 0.5) is 0 Å². The summed E-state index contributed by atoms with van der Waals surface area (Å²) in [6.45, 7) is 3.45. The zero-order chi connectivity index (χ0) is 5.70. The SMILES string of the molecule is C=CCC(=S)CO. The van der Waals surface area contributed by atoms with Crippen LogP contribution in [0.5, 0.6) is 0 Å². The fourth-order valence-corrected chi connectivity index (χ4v) is 0.343. The monoisotopic (exact) mass is 116 g/mol. The van der Waals surface area contributed by atoms with E-state index in [1.54, 1.807) is 6.08 Å². The molecule has 40 valence electrons. The highest BCUT2D eigenvalue weighted by Gasteiger charge is 1.84. The van der Waals surface area contributed by atoms with Crippen LogP contribution in [0, 0.1) is 0 Å². The molecule has 0 saturated carbocycles. The molecule has 0 fully saturated rings. The Morgan fingerprint density at radius 1 is 1.86 bits per heavy atom. The molecule has 0 aromatic rings. The zero-order valence-electron chi connectivity index (χ0n) is 4.05. The molecule has 0 aliphatic heterocycles. The zero-order valence-corrected chi connectivity index (χ0v) is 4.87. The number of aliphatic hydroxyl groups is 1. The van der Waals surface area contributed by atoms with E-state index >= 15 is 0 Å². The van der Waals surface area contributed by atoms with Gasteiger partial charge in [-0.1, -0.05) is 18.3 Å². The molecule has 0 rings (SSSR count). The molecule has 0 spiro atoms. The molecule has 1 nitrogen and oxygen atoms in total. The van der Waals surface area contributed by atoms with Gasteiger partial charge >= 0.3 is 0 Å². The van der Waals surface area contributed by atoms with Gasteiger partial charge in [0.15, 0.2) is 0 Å². The van der Waals surface area contributed by atoms with Crippen LogP contribution in [0.2, 0.25) is 0 Å². The van der Waals surface area contributed by atoms with Crippen LogP contribution in [-0.4, -0.2) is 16.6 Å². The molecule has 0 radical (unpaired) electrons. The highest BCUT2D eigenvalue weighted by molar-refractivity contribution is 7.80. The van der Waals surface area contributed by atoms with Crippen LogP contribution >= 0.6 is 12.2 Å². The standard InChI is InChI=1S/C5H8OS/c1-2-3-5(7)4-6/h2,6H,1,3-4H2. The van der Waals surface area contributed by atoms with Gasteiger partial charge < -0.3 is 5.11 Å². The molecule has 0 amide bonds. The molecule has 0 saturated heterocycles. The van der Waals surface area contributed by atoms with Gasteiger partial charge in [0.1, 0.15) is 0 Å². The predicted molar refractivity (Wildman–Crippen MR) is 34.5 cm³/mol. The van der Waals surface area contributed by atoms with Crippen molar-refractivity contribution in [1.29, 1.82) is 0 Å². The number of aliphatic hydroxyl groups excluding tert-OH is 1. The van der Waals surface area contributed by atoms with Crippen LogP contribution in [0.15, 0.2) is 12.7 Å². The Balaban J connectivity index is 3.17. The van der Waals surface area contributed by atoms with Gasteiger partial charge in [-0.3, -0.25) is 0 Å². The molecule has 0 bridgehead atoms. The largest absolute Gasteiger partial charge is 0.391 e. The maximum atomic E-state index is 8.28. The van der Waals surface area contributed by atoms with Crippen LogP contribution in [0.1, 0.15) is 6.42 Å². The van der Waals surface area contributed by atoms with Gasteiger partial charge in [0.2, 0.25) is 0 Å². The van der Waals surface area contributed by atoms with E-state index in [1.165, 1.54) is 0 Å². The molecule has 7 heavy (non-hydrogen) atoms. The number of thiocarbonyl (C=S) groups is 1. The minimum absolute atomic E-state index is 0.00134. The molecular formula is C5H8OS. The van der Waals surface area contributed by atoms with E-state index in [-0.39, 0.29) is 6.61 Å². The average Bonchev–Trinajstić information content (AvgIpc) is 1.68. The van der Waals surface area contributed by atoms with Crippen molar-refractivity contribution in [2.45, 2.75) is 6.42 Å². The second-order valence-electron chi connectivity index (χ2n) is 1.19. The van der Waals surface area contributed by atoms with Crippen molar-refractivity contribution in [2.75, 3.05) is 6.61 Å². The third-order valence-electron chi connectivity index (χ3n) is 0.548. The second-order valence-corrected chi connectivity index (χ2v) is 1.77. The van der Waals surface area contributed by atoms with Gasteiger partial charge in [0.25, 0.3) is 0 Å². The Bertz CT molecular complexity index is 78.1. The molecule has 0 aliphatic rings. The molecule has 0 aromatic heterocycles. The highest BCUT2D eigenvalue weighted by atomic mass is 32.1. The summed E-state index contributed by atoms with van der Waals surface area (Å²) >= 11 is 4.63. The van der Waals surface area contributed by atoms with Crippen molar-refractivity contribution in [3.8, 4) is 0 Å². The van der Waals surface area contributed by atoms with E-state index in [4.69, 9.17) is 5.11 Å². The van der Waals surface area contributed by atoms with E-state index in [2.05, 4.69) is 18.8 Å². The van der Waals surface area contributed by atoms with Crippen LogP contribution in [0.25, 0.3) is 0 Å². The lowest BCUT2D eigenvalue weighted by Gasteiger charge is -1.87. The first-order valence-corrected chi connectivity index (χ1v) is 2.45. The third-order valence-corrected chi connectivity index (χ3v) is 0.844. The van der Waals surface area contributed by atoms with Crippen molar-refractivity contribution >= 4 is 17.1 Å². The molecule has 2 heteroatoms. The lowest BCUT2D eigenvalue weighted by atomic mass is 10.3. The Labute approximate surface area is 48.7 Å². The molecule has 0 aromatic carbocycles. The van der Waals surface area contributed by atoms with Crippen LogP contribution in [-0.2, 0) is 0 Å². The third kappa shape index (κ3) is 3.62. The van der Waals surface area contributed by atoms with E-state index in [0.717, 1.165) is 0 Å². The minimum Gasteiger partial charge on any atom is -0.391 e. The Morgan fingerprint density at radius 3 is 2.57 bits per heavy atom. The fraction of sp³-hybridized carbons (Fsp3) is 0.400. The lowest BCUT2D eigenvalue weighted by molar-refractivity contribution is 0.358. The van der Waals surface area contributed by atoms with Crippen LogP contribution < -0.4 is 0 Å². The van der Waals surface area contributed by atoms with Crippen molar-refractivity contribution in [3.05, 3.63) is 12.7 Å². The molecular weight excluding hydrogens is 108 g/mol. The quantitative estimate of drug-likeness (QED) is 0.437. The molecule has 0 unspecified atom stereocenters. The molecule has 0 aliphatic carbocycles. The summed E-state index contributed by atoms with van der Waals surface area (Å²) in [4.78, 5) is 0.648. The van der Waals surface area contributed by atoms with Crippen molar-refractivity contribution in [2.24, 2.45) is 0 Å². The van der Waals surface area contributed by atoms with Gasteiger partial charge in [-0.05, 0) is 6.42 Å². The predicted octanol–water partition coefficient (Wildman–Crippen LogP) is 0.925. The molecule has 1 N–H and O–H groups in total. The van der Waals surface area contributed by atoms with E-state index < -0.39 is 0 Å². The van der Waals surface area contributed by atoms with Crippen molar-refractivity contribution < 1.29 is 5.11 Å². The Hall–Kier alpha value is -0.210. The van der Waals surface area contributed by atoms with Crippen molar-refractivity contribution in [1.82, 2.24) is 0 Å². The first kappa shape index (κ1) is 6.79. The number of hydrogen-bond acceptors (Lipinski definition) is 2. The highest BCUT2D eigenvalue weighted by Crippen LogP contribution is 1.83. The first-order valence-electron chi connectivity index (χ1n) is 2.04. The van der Waals surface area contributed by atoms with E-state index in [9.17, 15) is 0 Å². The summed E-state index contributed by atoms with van der Waals surface area (Å²) in [5.41, 5.74) is 0. The maximum Gasteiger partial charge on any atom is 0.0747 e. The summed E-state index contributed by atoms with van der Waals surface area (Å²) < 4.78 is 0. The summed E-state index contributed by atoms with van der Waals surface area (Å²) in [6.07, 6.45) is 2.32. The Kier molecular flexibility index (Phi) is 3.84. The minimum atomic E-state index is 0.00134. The van der Waals surface area contributed by atoms with Gasteiger partial charge in [-0.25, -0.2) is 0 Å². The summed E-state index contributed by atoms with van der Waals surface area (Å²) in [5, 5.41) is 8.28. The lowest BCUT2D eigenvalue weighted by Crippen LogP contribution is -1.96. The van der Waals surface area contributed by atoms with Gasteiger partial charge in [0.05, 0.1) is 6.61 Å². The van der Waals surface area contributed by atoms with Gasteiger partial charge in [0, 0.05) is 4.86 Å². The number of rotatable bonds is 3. The Morgan fingerprint density at radius 2 is 2.43 bits per heavy atom.